The number of aromatic nitrogens is 2. The Bertz CT molecular complexity index is 1270. The molecule has 1 aromatic heterocycles. The second kappa shape index (κ2) is 8.03. The van der Waals surface area contributed by atoms with Crippen LogP contribution in [0.15, 0.2) is 47.6 Å². The molecule has 0 amide bonds. The third-order valence-electron chi connectivity index (χ3n) is 7.91. The molecule has 7 heteroatoms. The molecule has 3 aliphatic heterocycles. The van der Waals surface area contributed by atoms with Crippen molar-refractivity contribution in [3.8, 4) is 11.1 Å². The van der Waals surface area contributed by atoms with Crippen molar-refractivity contribution in [1.29, 1.82) is 0 Å². The minimum absolute atomic E-state index is 0.645. The topological polar surface area (TPSA) is 73.9 Å². The number of benzene rings is 2. The fraction of sp³-hybridized carbons (Fsp3) is 0.444. The van der Waals surface area contributed by atoms with Gasteiger partial charge >= 0.3 is 0 Å². The number of hydrogen-bond acceptors (Lipinski definition) is 7. The fourth-order valence-electron chi connectivity index (χ4n) is 5.57. The molecule has 0 atom stereocenters. The highest BCUT2D eigenvalue weighted by Crippen LogP contribution is 2.33. The van der Waals surface area contributed by atoms with E-state index in [0.717, 1.165) is 59.1 Å². The molecule has 2 N–H and O–H groups in total. The first-order valence-corrected chi connectivity index (χ1v) is 12.6. The molecule has 0 spiro atoms. The van der Waals surface area contributed by atoms with Crippen LogP contribution in [-0.2, 0) is 6.42 Å². The molecule has 2 aromatic carbocycles. The van der Waals surface area contributed by atoms with Gasteiger partial charge in [-0.1, -0.05) is 18.2 Å². The molecule has 3 aromatic rings. The minimum atomic E-state index is 0.645. The van der Waals surface area contributed by atoms with E-state index in [4.69, 9.17) is 15.7 Å². The maximum absolute atomic E-state index is 5.92. The maximum Gasteiger partial charge on any atom is 0.147 e. The molecule has 0 unspecified atom stereocenters. The molecule has 1 saturated carbocycles. The van der Waals surface area contributed by atoms with Crippen molar-refractivity contribution >= 4 is 28.4 Å². The Morgan fingerprint density at radius 2 is 1.71 bits per heavy atom. The number of amidine groups is 1. The molecule has 3 fully saturated rings. The fourth-order valence-corrected chi connectivity index (χ4v) is 5.57. The van der Waals surface area contributed by atoms with Crippen molar-refractivity contribution in [2.24, 2.45) is 16.6 Å². The molecule has 2 saturated heterocycles. The summed E-state index contributed by atoms with van der Waals surface area (Å²) < 4.78 is 0. The minimum Gasteiger partial charge on any atom is -0.387 e. The van der Waals surface area contributed by atoms with Crippen LogP contribution < -0.4 is 10.6 Å². The lowest BCUT2D eigenvalue weighted by Crippen LogP contribution is -2.63. The Hall–Kier alpha value is -3.03. The van der Waals surface area contributed by atoms with Crippen LogP contribution in [-0.4, -0.2) is 77.5 Å². The van der Waals surface area contributed by atoms with Crippen LogP contribution in [0.1, 0.15) is 18.4 Å². The molecular weight excluding hydrogens is 422 g/mol. The SMILES string of the molecule is NC1=Nc2cc(-c3ccc4ncc(N5CC(N6CCN(CC7CC7)CC6)C5)nc4c3)ccc2C1. The van der Waals surface area contributed by atoms with Gasteiger partial charge in [-0.2, -0.15) is 0 Å². The van der Waals surface area contributed by atoms with Crippen molar-refractivity contribution in [2.75, 3.05) is 50.7 Å². The number of aliphatic imine (C=N–C) groups is 1. The van der Waals surface area contributed by atoms with Crippen molar-refractivity contribution in [1.82, 2.24) is 19.8 Å². The van der Waals surface area contributed by atoms with Crippen LogP contribution in [0.5, 0.6) is 0 Å². The molecule has 174 valence electrons. The Morgan fingerprint density at radius 3 is 2.53 bits per heavy atom. The molecule has 7 rings (SSSR count). The van der Waals surface area contributed by atoms with E-state index in [1.807, 2.05) is 6.20 Å². The van der Waals surface area contributed by atoms with E-state index in [1.54, 1.807) is 0 Å². The van der Waals surface area contributed by atoms with Crippen molar-refractivity contribution in [3.63, 3.8) is 0 Å². The van der Waals surface area contributed by atoms with Gasteiger partial charge in [-0.3, -0.25) is 9.88 Å². The summed E-state index contributed by atoms with van der Waals surface area (Å²) in [6.45, 7) is 8.28. The number of nitrogens with zero attached hydrogens (tertiary/aromatic N) is 6. The smallest absolute Gasteiger partial charge is 0.147 e. The molecule has 0 bridgehead atoms. The third-order valence-corrected chi connectivity index (χ3v) is 7.91. The first-order valence-electron chi connectivity index (χ1n) is 12.6. The summed E-state index contributed by atoms with van der Waals surface area (Å²) in [5.41, 5.74) is 12.2. The van der Waals surface area contributed by atoms with E-state index in [9.17, 15) is 0 Å². The van der Waals surface area contributed by atoms with Crippen molar-refractivity contribution in [3.05, 3.63) is 48.2 Å². The summed E-state index contributed by atoms with van der Waals surface area (Å²) in [6, 6.07) is 13.4. The first-order chi connectivity index (χ1) is 16.7. The average Bonchev–Trinajstić information content (AvgIpc) is 3.56. The van der Waals surface area contributed by atoms with Gasteiger partial charge in [0.2, 0.25) is 0 Å². The van der Waals surface area contributed by atoms with E-state index in [-0.39, 0.29) is 0 Å². The zero-order valence-electron chi connectivity index (χ0n) is 19.5. The van der Waals surface area contributed by atoms with Gasteiger partial charge in [0, 0.05) is 58.3 Å². The lowest BCUT2D eigenvalue weighted by atomic mass is 10.0. The highest BCUT2D eigenvalue weighted by molar-refractivity contribution is 5.92. The maximum atomic E-state index is 5.92. The number of rotatable bonds is 5. The Kier molecular flexibility index (Phi) is 4.81. The number of fused-ring (bicyclic) bond motifs is 2. The predicted molar refractivity (Wildman–Crippen MR) is 137 cm³/mol. The first kappa shape index (κ1) is 20.4. The summed E-state index contributed by atoms with van der Waals surface area (Å²) >= 11 is 0. The largest absolute Gasteiger partial charge is 0.387 e. The number of nitrogens with two attached hydrogens (primary N) is 1. The highest BCUT2D eigenvalue weighted by Gasteiger charge is 2.35. The quantitative estimate of drug-likeness (QED) is 0.640. The predicted octanol–water partition coefficient (Wildman–Crippen LogP) is 3.06. The van der Waals surface area contributed by atoms with Gasteiger partial charge < -0.3 is 15.5 Å². The van der Waals surface area contributed by atoms with Crippen LogP contribution in [0.2, 0.25) is 0 Å². The zero-order chi connectivity index (χ0) is 22.6. The molecule has 4 heterocycles. The van der Waals surface area contributed by atoms with E-state index < -0.39 is 0 Å². The summed E-state index contributed by atoms with van der Waals surface area (Å²) in [6.07, 6.45) is 5.57. The summed E-state index contributed by atoms with van der Waals surface area (Å²) in [7, 11) is 0. The molecule has 1 aliphatic carbocycles. The average molecular weight is 454 g/mol. The molecular formula is C27H31N7. The lowest BCUT2D eigenvalue weighted by Gasteiger charge is -2.48. The van der Waals surface area contributed by atoms with Gasteiger partial charge in [-0.05, 0) is 53.6 Å². The summed E-state index contributed by atoms with van der Waals surface area (Å²) in [4.78, 5) is 21.9. The van der Waals surface area contributed by atoms with Gasteiger partial charge in [0.1, 0.15) is 11.7 Å². The Balaban J connectivity index is 1.04. The molecule has 4 aliphatic rings. The van der Waals surface area contributed by atoms with Gasteiger partial charge in [0.15, 0.2) is 0 Å². The number of anilines is 1. The van der Waals surface area contributed by atoms with Gasteiger partial charge in [-0.25, -0.2) is 9.98 Å². The van der Waals surface area contributed by atoms with Crippen LogP contribution in [0.4, 0.5) is 11.5 Å². The standard InChI is InChI=1S/C27H31N7/c28-26-13-21-4-3-19(11-24(21)30-26)20-5-6-23-25(12-20)31-27(14-29-23)34-16-22(17-34)33-9-7-32(8-10-33)15-18-1-2-18/h3-6,11-12,14,18,22H,1-2,7-10,13,15-17H2,(H2,28,30). The van der Waals surface area contributed by atoms with Gasteiger partial charge in [0.25, 0.3) is 0 Å². The van der Waals surface area contributed by atoms with Crippen LogP contribution in [0.3, 0.4) is 0 Å². The van der Waals surface area contributed by atoms with E-state index in [1.165, 1.54) is 51.1 Å². The third kappa shape index (κ3) is 3.83. The second-order valence-electron chi connectivity index (χ2n) is 10.4. The normalized spacial score (nSPS) is 21.5. The van der Waals surface area contributed by atoms with E-state index in [0.29, 0.717) is 11.9 Å². The summed E-state index contributed by atoms with van der Waals surface area (Å²) in [5.74, 6) is 2.67. The van der Waals surface area contributed by atoms with Gasteiger partial charge in [0.05, 0.1) is 22.9 Å². The summed E-state index contributed by atoms with van der Waals surface area (Å²) in [5, 5.41) is 0. The number of hydrogen-bond donors (Lipinski definition) is 1. The molecule has 7 nitrogen and oxygen atoms in total. The van der Waals surface area contributed by atoms with Gasteiger partial charge in [-0.15, -0.1) is 0 Å². The monoisotopic (exact) mass is 453 g/mol. The van der Waals surface area contributed by atoms with E-state index >= 15 is 0 Å². The van der Waals surface area contributed by atoms with Crippen LogP contribution >= 0.6 is 0 Å². The van der Waals surface area contributed by atoms with Crippen molar-refractivity contribution in [2.45, 2.75) is 25.3 Å². The van der Waals surface area contributed by atoms with Crippen molar-refractivity contribution < 1.29 is 0 Å². The highest BCUT2D eigenvalue weighted by atomic mass is 15.4. The second-order valence-corrected chi connectivity index (χ2v) is 10.4. The number of piperazine rings is 1. The van der Waals surface area contributed by atoms with Crippen LogP contribution in [0, 0.1) is 5.92 Å². The lowest BCUT2D eigenvalue weighted by molar-refractivity contribution is 0.0807. The molecule has 34 heavy (non-hydrogen) atoms. The van der Waals surface area contributed by atoms with Crippen LogP contribution in [0.25, 0.3) is 22.2 Å². The van der Waals surface area contributed by atoms with E-state index in [2.05, 4.69) is 56.1 Å². The Morgan fingerprint density at radius 1 is 0.912 bits per heavy atom. The zero-order valence-corrected chi connectivity index (χ0v) is 19.5. The Labute approximate surface area is 200 Å². The molecule has 0 radical (unpaired) electrons.